The Hall–Kier alpha value is -1.60. The highest BCUT2D eigenvalue weighted by Crippen LogP contribution is 2.31. The van der Waals surface area contributed by atoms with E-state index in [0.717, 1.165) is 37.0 Å². The van der Waals surface area contributed by atoms with Gasteiger partial charge in [0.05, 0.1) is 13.3 Å². The van der Waals surface area contributed by atoms with Gasteiger partial charge in [-0.25, -0.2) is 10.1 Å². The number of methoxy groups -OCH3 is 1. The fraction of sp³-hybridized carbons (Fsp3) is 0.533. The van der Waals surface area contributed by atoms with Crippen molar-refractivity contribution in [1.29, 1.82) is 0 Å². The van der Waals surface area contributed by atoms with Gasteiger partial charge in [-0.3, -0.25) is 4.79 Å². The number of rotatable bonds is 5. The molecule has 1 aliphatic heterocycles. The molecule has 130 valence electrons. The Morgan fingerprint density at radius 2 is 2.17 bits per heavy atom. The minimum absolute atomic E-state index is 0.295. The van der Waals surface area contributed by atoms with Gasteiger partial charge in [-0.1, -0.05) is 0 Å². The maximum absolute atomic E-state index is 11.9. The molecule has 2 aromatic rings. The van der Waals surface area contributed by atoms with Crippen LogP contribution < -0.4 is 10.3 Å². The first kappa shape index (κ1) is 17.2. The highest BCUT2D eigenvalue weighted by Gasteiger charge is 2.23. The summed E-state index contributed by atoms with van der Waals surface area (Å²) in [6.07, 6.45) is 3.92. The number of hydrogen-bond acceptors (Lipinski definition) is 7. The molecule has 0 aliphatic carbocycles. The predicted molar refractivity (Wildman–Crippen MR) is 91.4 cm³/mol. The Labute approximate surface area is 140 Å². The Morgan fingerprint density at radius 3 is 2.83 bits per heavy atom. The van der Waals surface area contributed by atoms with Crippen LogP contribution in [-0.4, -0.2) is 62.8 Å². The van der Waals surface area contributed by atoms with Crippen LogP contribution in [0.1, 0.15) is 24.5 Å². The Morgan fingerprint density at radius 1 is 1.42 bits per heavy atom. The minimum Gasteiger partial charge on any atom is -0.480 e. The molecule has 0 radical (unpaired) electrons. The number of fused-ring (bicyclic) bond motifs is 1. The van der Waals surface area contributed by atoms with Gasteiger partial charge in [-0.05, 0) is 32.0 Å². The van der Waals surface area contributed by atoms with Gasteiger partial charge in [0.25, 0.3) is 5.56 Å². The molecule has 24 heavy (non-hydrogen) atoms. The summed E-state index contributed by atoms with van der Waals surface area (Å²) in [7, 11) is -0.310. The molecule has 3 N–H and O–H groups in total. The van der Waals surface area contributed by atoms with E-state index in [-0.39, 0.29) is 5.56 Å². The molecule has 0 amide bonds. The zero-order valence-corrected chi connectivity index (χ0v) is 14.4. The van der Waals surface area contributed by atoms with Crippen LogP contribution in [0, 0.1) is 0 Å². The average Bonchev–Trinajstić information content (AvgIpc) is 2.59. The number of piperidine rings is 1. The van der Waals surface area contributed by atoms with E-state index in [1.54, 1.807) is 6.20 Å². The summed E-state index contributed by atoms with van der Waals surface area (Å²) in [4.78, 5) is 36.8. The molecule has 8 nitrogen and oxygen atoms in total. The van der Waals surface area contributed by atoms with Crippen LogP contribution in [-0.2, 0) is 0 Å². The van der Waals surface area contributed by atoms with Crippen molar-refractivity contribution in [1.82, 2.24) is 20.1 Å². The van der Waals surface area contributed by atoms with Gasteiger partial charge >= 0.3 is 0 Å². The first-order valence-electron chi connectivity index (χ1n) is 7.88. The third kappa shape index (κ3) is 3.72. The molecule has 3 rings (SSSR count). The van der Waals surface area contributed by atoms with Gasteiger partial charge in [0.2, 0.25) is 5.88 Å². The van der Waals surface area contributed by atoms with Crippen LogP contribution in [0.15, 0.2) is 17.1 Å². The molecule has 1 aliphatic rings. The number of likely N-dealkylation sites (tertiary alicyclic amines) is 1. The second kappa shape index (κ2) is 7.53. The predicted octanol–water partition coefficient (Wildman–Crippen LogP) is 0.803. The number of nitrogens with one attached hydrogen (secondary N) is 1. The summed E-state index contributed by atoms with van der Waals surface area (Å²) in [5.74, 6) is 0.628. The molecular weight excluding hydrogens is 331 g/mol. The topological polar surface area (TPSA) is 112 Å². The number of nitrogens with zero attached hydrogens (tertiary/aromatic N) is 3. The fourth-order valence-electron chi connectivity index (χ4n) is 3.15. The van der Waals surface area contributed by atoms with E-state index in [2.05, 4.69) is 20.1 Å². The minimum atomic E-state index is -1.82. The van der Waals surface area contributed by atoms with Crippen LogP contribution in [0.4, 0.5) is 0 Å². The highest BCUT2D eigenvalue weighted by molar-refractivity contribution is 7.45. The van der Waals surface area contributed by atoms with Crippen molar-refractivity contribution in [2.75, 3.05) is 32.9 Å². The third-order valence-electron chi connectivity index (χ3n) is 4.45. The van der Waals surface area contributed by atoms with Gasteiger partial charge in [-0.2, -0.15) is 5.10 Å². The molecule has 1 saturated heterocycles. The van der Waals surface area contributed by atoms with E-state index in [9.17, 15) is 4.79 Å². The monoisotopic (exact) mass is 352 g/mol. The molecule has 0 aromatic carbocycles. The first-order chi connectivity index (χ1) is 11.6. The quantitative estimate of drug-likeness (QED) is 0.683. The van der Waals surface area contributed by atoms with Crippen LogP contribution in [0.2, 0.25) is 0 Å². The van der Waals surface area contributed by atoms with Crippen molar-refractivity contribution in [3.8, 4) is 5.88 Å². The molecule has 2 aromatic heterocycles. The van der Waals surface area contributed by atoms with Crippen molar-refractivity contribution in [3.05, 3.63) is 28.3 Å². The lowest BCUT2D eigenvalue weighted by atomic mass is 9.92. The number of aromatic nitrogens is 3. The van der Waals surface area contributed by atoms with E-state index >= 15 is 0 Å². The lowest BCUT2D eigenvalue weighted by molar-refractivity contribution is 0.219. The second-order valence-corrected chi connectivity index (χ2v) is 7.12. The van der Waals surface area contributed by atoms with Crippen LogP contribution >= 0.6 is 8.38 Å². The first-order valence-corrected chi connectivity index (χ1v) is 9.31. The third-order valence-corrected chi connectivity index (χ3v) is 5.05. The van der Waals surface area contributed by atoms with Crippen LogP contribution in [0.25, 0.3) is 10.8 Å². The highest BCUT2D eigenvalue weighted by atomic mass is 31.2. The smallest absolute Gasteiger partial charge is 0.277 e. The van der Waals surface area contributed by atoms with Gasteiger partial charge in [0, 0.05) is 29.7 Å². The molecular formula is C15H21N4O4P. The largest absolute Gasteiger partial charge is 0.480 e. The molecule has 3 heterocycles. The SMILES string of the molecule is COc1nc(C2CCN(CCP(O)O)CC2)cc2cn[nH]c(=O)c12. The van der Waals surface area contributed by atoms with E-state index in [1.165, 1.54) is 7.11 Å². The standard InChI is InChI=1S/C15H21N4O4P/c1-23-15-13-11(9-16-18-14(13)20)8-12(17-15)10-2-4-19(5-3-10)6-7-24(21)22/h8-10,21-22H,2-7H2,1H3,(H,18,20). The van der Waals surface area contributed by atoms with E-state index in [4.69, 9.17) is 14.5 Å². The molecule has 0 atom stereocenters. The number of H-pyrrole nitrogens is 1. The Bertz CT molecular complexity index is 759. The normalized spacial score (nSPS) is 16.8. The Kier molecular flexibility index (Phi) is 5.40. The molecule has 0 saturated carbocycles. The van der Waals surface area contributed by atoms with Crippen molar-refractivity contribution in [2.24, 2.45) is 0 Å². The number of pyridine rings is 1. The summed E-state index contributed by atoms with van der Waals surface area (Å²) in [5.41, 5.74) is 0.612. The molecule has 0 bridgehead atoms. The summed E-state index contributed by atoms with van der Waals surface area (Å²) in [6, 6.07) is 1.92. The summed E-state index contributed by atoms with van der Waals surface area (Å²) < 4.78 is 5.30. The summed E-state index contributed by atoms with van der Waals surface area (Å²) in [5, 5.41) is 7.41. The lowest BCUT2D eigenvalue weighted by Gasteiger charge is -2.31. The van der Waals surface area contributed by atoms with Crippen molar-refractivity contribution in [3.63, 3.8) is 0 Å². The van der Waals surface area contributed by atoms with Gasteiger partial charge in [0.15, 0.2) is 8.38 Å². The number of hydrogen-bond donors (Lipinski definition) is 3. The molecule has 1 fully saturated rings. The molecule has 9 heteroatoms. The van der Waals surface area contributed by atoms with E-state index in [1.807, 2.05) is 6.07 Å². The van der Waals surface area contributed by atoms with E-state index < -0.39 is 8.38 Å². The lowest BCUT2D eigenvalue weighted by Crippen LogP contribution is -2.35. The summed E-state index contributed by atoms with van der Waals surface area (Å²) in [6.45, 7) is 2.49. The van der Waals surface area contributed by atoms with Crippen molar-refractivity contribution < 1.29 is 14.5 Å². The van der Waals surface area contributed by atoms with E-state index in [0.29, 0.717) is 29.9 Å². The van der Waals surface area contributed by atoms with Crippen molar-refractivity contribution >= 4 is 19.1 Å². The zero-order valence-electron chi connectivity index (χ0n) is 13.5. The second-order valence-electron chi connectivity index (χ2n) is 5.93. The van der Waals surface area contributed by atoms with Gasteiger partial charge in [0.1, 0.15) is 5.39 Å². The summed E-state index contributed by atoms with van der Waals surface area (Å²) >= 11 is 0. The van der Waals surface area contributed by atoms with Crippen LogP contribution in [0.5, 0.6) is 5.88 Å². The molecule has 0 spiro atoms. The number of aromatic amines is 1. The van der Waals surface area contributed by atoms with Crippen LogP contribution in [0.3, 0.4) is 0 Å². The average molecular weight is 352 g/mol. The number of ether oxygens (including phenoxy) is 1. The van der Waals surface area contributed by atoms with Crippen molar-refractivity contribution in [2.45, 2.75) is 18.8 Å². The Balaban J connectivity index is 1.78. The zero-order chi connectivity index (χ0) is 17.1. The van der Waals surface area contributed by atoms with Gasteiger partial charge < -0.3 is 19.4 Å². The maximum atomic E-state index is 11.9. The molecule has 0 unspecified atom stereocenters. The fourth-order valence-corrected chi connectivity index (χ4v) is 3.61. The van der Waals surface area contributed by atoms with Gasteiger partial charge in [-0.15, -0.1) is 0 Å². The maximum Gasteiger partial charge on any atom is 0.277 e.